The van der Waals surface area contributed by atoms with Crippen molar-refractivity contribution in [3.05, 3.63) is 59.2 Å². The number of benzene rings is 2. The van der Waals surface area contributed by atoms with E-state index < -0.39 is 5.97 Å². The van der Waals surface area contributed by atoms with Crippen LogP contribution in [-0.4, -0.2) is 5.97 Å². The van der Waals surface area contributed by atoms with Gasteiger partial charge in [0.15, 0.2) is 0 Å². The Morgan fingerprint density at radius 3 is 2.21 bits per heavy atom. The first-order valence-corrected chi connectivity index (χ1v) is 5.93. The molecular weight excluding hydrogens is 240 g/mol. The molecule has 0 aliphatic heterocycles. The van der Waals surface area contributed by atoms with E-state index in [1.54, 1.807) is 18.2 Å². The predicted molar refractivity (Wildman–Crippen MR) is 75.6 cm³/mol. The van der Waals surface area contributed by atoms with Crippen molar-refractivity contribution in [2.24, 2.45) is 0 Å². The molecule has 2 aromatic rings. The van der Waals surface area contributed by atoms with Gasteiger partial charge in [-0.25, -0.2) is 4.79 Å². The highest BCUT2D eigenvalue weighted by atomic mass is 16.5. The molecule has 0 spiro atoms. The van der Waals surface area contributed by atoms with Crippen LogP contribution >= 0.6 is 0 Å². The Hall–Kier alpha value is -2.49. The number of anilines is 2. The van der Waals surface area contributed by atoms with Crippen LogP contribution in [-0.2, 0) is 11.3 Å². The number of carbonyl (C=O) groups excluding carboxylic acids is 1. The fourth-order valence-electron chi connectivity index (χ4n) is 1.71. The first kappa shape index (κ1) is 13.0. The summed E-state index contributed by atoms with van der Waals surface area (Å²) in [5, 5.41) is 0. The van der Waals surface area contributed by atoms with Gasteiger partial charge < -0.3 is 16.2 Å². The van der Waals surface area contributed by atoms with Crippen LogP contribution in [0.4, 0.5) is 11.4 Å². The minimum Gasteiger partial charge on any atom is -0.457 e. The van der Waals surface area contributed by atoms with Crippen LogP contribution in [0.2, 0.25) is 0 Å². The molecule has 0 aliphatic rings. The molecule has 0 heterocycles. The van der Waals surface area contributed by atoms with Gasteiger partial charge in [0, 0.05) is 11.4 Å². The van der Waals surface area contributed by atoms with Gasteiger partial charge in [-0.2, -0.15) is 0 Å². The van der Waals surface area contributed by atoms with Gasteiger partial charge in [0.1, 0.15) is 6.61 Å². The van der Waals surface area contributed by atoms with E-state index in [-0.39, 0.29) is 6.61 Å². The molecule has 0 saturated carbocycles. The Balaban J connectivity index is 2.03. The van der Waals surface area contributed by atoms with Crippen molar-refractivity contribution in [2.75, 3.05) is 11.5 Å². The topological polar surface area (TPSA) is 78.3 Å². The smallest absolute Gasteiger partial charge is 0.338 e. The van der Waals surface area contributed by atoms with Crippen molar-refractivity contribution in [2.45, 2.75) is 13.5 Å². The zero-order valence-corrected chi connectivity index (χ0v) is 10.7. The zero-order chi connectivity index (χ0) is 13.8. The van der Waals surface area contributed by atoms with Gasteiger partial charge in [0.05, 0.1) is 5.56 Å². The van der Waals surface area contributed by atoms with Crippen molar-refractivity contribution in [1.82, 2.24) is 0 Å². The number of hydrogen-bond acceptors (Lipinski definition) is 4. The lowest BCUT2D eigenvalue weighted by atomic mass is 10.1. The van der Waals surface area contributed by atoms with Gasteiger partial charge in [-0.15, -0.1) is 0 Å². The number of nitrogen functional groups attached to an aromatic ring is 2. The summed E-state index contributed by atoms with van der Waals surface area (Å²) in [6.07, 6.45) is 0. The van der Waals surface area contributed by atoms with Gasteiger partial charge in [-0.05, 0) is 30.7 Å². The quantitative estimate of drug-likeness (QED) is 0.653. The average molecular weight is 256 g/mol. The summed E-state index contributed by atoms with van der Waals surface area (Å²) in [6, 6.07) is 12.5. The summed E-state index contributed by atoms with van der Waals surface area (Å²) >= 11 is 0. The maximum absolute atomic E-state index is 11.9. The van der Waals surface area contributed by atoms with Crippen molar-refractivity contribution in [1.29, 1.82) is 0 Å². The first-order chi connectivity index (χ1) is 9.04. The molecule has 2 aromatic carbocycles. The lowest BCUT2D eigenvalue weighted by Gasteiger charge is -2.07. The minimum atomic E-state index is -0.431. The highest BCUT2D eigenvalue weighted by Gasteiger charge is 2.09. The number of esters is 1. The maximum Gasteiger partial charge on any atom is 0.338 e. The SMILES string of the molecule is Cc1ccc(COC(=O)c2cc(N)cc(N)c2)cc1. The highest BCUT2D eigenvalue weighted by molar-refractivity contribution is 5.91. The Morgan fingerprint density at radius 1 is 1.05 bits per heavy atom. The van der Waals surface area contributed by atoms with Gasteiger partial charge in [-0.3, -0.25) is 0 Å². The summed E-state index contributed by atoms with van der Waals surface area (Å²) in [5.74, 6) is -0.431. The van der Waals surface area contributed by atoms with E-state index in [1.165, 1.54) is 5.56 Å². The number of nitrogens with two attached hydrogens (primary N) is 2. The summed E-state index contributed by atoms with van der Waals surface area (Å²) in [7, 11) is 0. The third kappa shape index (κ3) is 3.48. The molecule has 0 amide bonds. The largest absolute Gasteiger partial charge is 0.457 e. The van der Waals surface area contributed by atoms with Crippen molar-refractivity contribution < 1.29 is 9.53 Å². The Labute approximate surface area is 112 Å². The van der Waals surface area contributed by atoms with Gasteiger partial charge >= 0.3 is 5.97 Å². The number of carbonyl (C=O) groups is 1. The van der Waals surface area contributed by atoms with Crippen molar-refractivity contribution in [3.63, 3.8) is 0 Å². The summed E-state index contributed by atoms with van der Waals surface area (Å²) in [4.78, 5) is 11.9. The molecule has 19 heavy (non-hydrogen) atoms. The maximum atomic E-state index is 11.9. The van der Waals surface area contributed by atoms with Crippen LogP contribution in [0, 0.1) is 6.92 Å². The standard InChI is InChI=1S/C15H16N2O2/c1-10-2-4-11(5-3-10)9-19-15(18)12-6-13(16)8-14(17)7-12/h2-8H,9,16-17H2,1H3. The molecule has 0 aliphatic carbocycles. The van der Waals surface area contributed by atoms with Crippen LogP contribution < -0.4 is 11.5 Å². The highest BCUT2D eigenvalue weighted by Crippen LogP contribution is 2.15. The van der Waals surface area contributed by atoms with Crippen LogP contribution in [0.3, 0.4) is 0 Å². The average Bonchev–Trinajstić information content (AvgIpc) is 2.36. The molecular formula is C15H16N2O2. The third-order valence-corrected chi connectivity index (χ3v) is 2.70. The van der Waals surface area contributed by atoms with E-state index in [0.29, 0.717) is 16.9 Å². The molecule has 0 aromatic heterocycles. The van der Waals surface area contributed by atoms with Crippen LogP contribution in [0.1, 0.15) is 21.5 Å². The van der Waals surface area contributed by atoms with E-state index >= 15 is 0 Å². The van der Waals surface area contributed by atoms with E-state index in [2.05, 4.69) is 0 Å². The third-order valence-electron chi connectivity index (χ3n) is 2.70. The van der Waals surface area contributed by atoms with Gasteiger partial charge in [0.2, 0.25) is 0 Å². The van der Waals surface area contributed by atoms with E-state index in [0.717, 1.165) is 5.56 Å². The van der Waals surface area contributed by atoms with Gasteiger partial charge in [0.25, 0.3) is 0 Å². The molecule has 0 saturated heterocycles. The van der Waals surface area contributed by atoms with Crippen LogP contribution in [0.5, 0.6) is 0 Å². The molecule has 0 fully saturated rings. The first-order valence-electron chi connectivity index (χ1n) is 5.93. The summed E-state index contributed by atoms with van der Waals surface area (Å²) in [5.41, 5.74) is 14.6. The van der Waals surface area contributed by atoms with Crippen LogP contribution in [0.25, 0.3) is 0 Å². The fraction of sp³-hybridized carbons (Fsp3) is 0.133. The lowest BCUT2D eigenvalue weighted by molar-refractivity contribution is 0.0473. The molecule has 0 bridgehead atoms. The number of aryl methyl sites for hydroxylation is 1. The molecule has 0 unspecified atom stereocenters. The van der Waals surface area contributed by atoms with E-state index in [4.69, 9.17) is 16.2 Å². The zero-order valence-electron chi connectivity index (χ0n) is 10.7. The van der Waals surface area contributed by atoms with Crippen molar-refractivity contribution >= 4 is 17.3 Å². The molecule has 0 atom stereocenters. The Kier molecular flexibility index (Phi) is 3.71. The summed E-state index contributed by atoms with van der Waals surface area (Å²) < 4.78 is 5.21. The molecule has 4 heteroatoms. The number of ether oxygens (including phenoxy) is 1. The second-order valence-corrected chi connectivity index (χ2v) is 4.45. The summed E-state index contributed by atoms with van der Waals surface area (Å²) in [6.45, 7) is 2.24. The molecule has 2 rings (SSSR count). The predicted octanol–water partition coefficient (Wildman–Crippen LogP) is 2.52. The second-order valence-electron chi connectivity index (χ2n) is 4.45. The second kappa shape index (κ2) is 5.44. The fourth-order valence-corrected chi connectivity index (χ4v) is 1.71. The van der Waals surface area contributed by atoms with E-state index in [1.807, 2.05) is 31.2 Å². The number of rotatable bonds is 3. The molecule has 98 valence electrons. The molecule has 4 nitrogen and oxygen atoms in total. The van der Waals surface area contributed by atoms with Crippen LogP contribution in [0.15, 0.2) is 42.5 Å². The van der Waals surface area contributed by atoms with Crippen molar-refractivity contribution in [3.8, 4) is 0 Å². The monoisotopic (exact) mass is 256 g/mol. The lowest BCUT2D eigenvalue weighted by Crippen LogP contribution is -2.06. The molecule has 4 N–H and O–H groups in total. The normalized spacial score (nSPS) is 10.2. The van der Waals surface area contributed by atoms with E-state index in [9.17, 15) is 4.79 Å². The Morgan fingerprint density at radius 2 is 1.63 bits per heavy atom. The minimum absolute atomic E-state index is 0.230. The Bertz CT molecular complexity index is 571. The number of hydrogen-bond donors (Lipinski definition) is 2. The van der Waals surface area contributed by atoms with Gasteiger partial charge in [-0.1, -0.05) is 29.8 Å². The molecule has 0 radical (unpaired) electrons.